The van der Waals surface area contributed by atoms with Crippen molar-refractivity contribution in [2.24, 2.45) is 5.14 Å². The number of nitrogens with one attached hydrogen (secondary N) is 1. The Kier molecular flexibility index (Phi) is 3.31. The van der Waals surface area contributed by atoms with Gasteiger partial charge in [-0.15, -0.1) is 0 Å². The summed E-state index contributed by atoms with van der Waals surface area (Å²) in [6.45, 7) is 0. The van der Waals surface area contributed by atoms with E-state index >= 15 is 0 Å². The molecule has 1 aromatic rings. The van der Waals surface area contributed by atoms with Gasteiger partial charge in [0, 0.05) is 12.0 Å². The second kappa shape index (κ2) is 4.43. The van der Waals surface area contributed by atoms with Crippen LogP contribution >= 0.6 is 0 Å². The summed E-state index contributed by atoms with van der Waals surface area (Å²) in [5.74, 6) is -3.50. The van der Waals surface area contributed by atoms with E-state index in [1.54, 1.807) is 0 Å². The van der Waals surface area contributed by atoms with Crippen molar-refractivity contribution in [3.05, 3.63) is 34.9 Å². The first-order valence-electron chi connectivity index (χ1n) is 5.19. The summed E-state index contributed by atoms with van der Waals surface area (Å²) in [5, 5.41) is 4.66. The second-order valence-corrected chi connectivity index (χ2v) is 5.58. The maximum atomic E-state index is 13.7. The van der Waals surface area contributed by atoms with Crippen LogP contribution in [0.3, 0.4) is 0 Å². The Hall–Kier alpha value is -1.19. The lowest BCUT2D eigenvalue weighted by Gasteiger charge is -2.21. The van der Waals surface area contributed by atoms with Gasteiger partial charge in [-0.3, -0.25) is 0 Å². The minimum Gasteiger partial charge on any atom is -0.216 e. The summed E-state index contributed by atoms with van der Waals surface area (Å²) < 4.78 is 76.5. The van der Waals surface area contributed by atoms with Crippen molar-refractivity contribution in [2.75, 3.05) is 0 Å². The molecule has 0 bridgehead atoms. The predicted molar refractivity (Wildman–Crippen MR) is 59.0 cm³/mol. The monoisotopic (exact) mass is 298 g/mol. The number of fused-ring (bicyclic) bond motifs is 1. The molecular formula is C10H10F4N2O2S. The van der Waals surface area contributed by atoms with Gasteiger partial charge >= 0.3 is 0 Å². The van der Waals surface area contributed by atoms with Crippen molar-refractivity contribution in [1.82, 2.24) is 4.72 Å². The van der Waals surface area contributed by atoms with Gasteiger partial charge in [0.15, 0.2) is 0 Å². The third kappa shape index (κ3) is 2.72. The van der Waals surface area contributed by atoms with Crippen LogP contribution in [0.25, 0.3) is 0 Å². The smallest absolute Gasteiger partial charge is 0.216 e. The largest absolute Gasteiger partial charge is 0.275 e. The molecule has 1 aromatic carbocycles. The molecule has 3 N–H and O–H groups in total. The summed E-state index contributed by atoms with van der Waals surface area (Å²) >= 11 is 0. The molecule has 0 amide bonds. The van der Waals surface area contributed by atoms with Crippen LogP contribution in [0, 0.1) is 0 Å². The van der Waals surface area contributed by atoms with Crippen LogP contribution < -0.4 is 9.86 Å². The highest BCUT2D eigenvalue weighted by Crippen LogP contribution is 2.46. The van der Waals surface area contributed by atoms with Gasteiger partial charge in [-0.05, 0) is 11.1 Å². The van der Waals surface area contributed by atoms with E-state index in [1.165, 1.54) is 16.9 Å². The molecule has 9 heteroatoms. The molecule has 0 saturated carbocycles. The molecule has 19 heavy (non-hydrogen) atoms. The van der Waals surface area contributed by atoms with E-state index in [4.69, 9.17) is 0 Å². The van der Waals surface area contributed by atoms with Crippen LogP contribution in [0.4, 0.5) is 17.6 Å². The van der Waals surface area contributed by atoms with E-state index in [1.807, 2.05) is 0 Å². The molecular weight excluding hydrogens is 288 g/mol. The van der Waals surface area contributed by atoms with Gasteiger partial charge in [-0.1, -0.05) is 18.2 Å². The number of rotatable bonds is 3. The molecule has 1 atom stereocenters. The molecule has 1 aliphatic carbocycles. The van der Waals surface area contributed by atoms with Crippen LogP contribution in [0.15, 0.2) is 18.2 Å². The van der Waals surface area contributed by atoms with Crippen molar-refractivity contribution < 1.29 is 26.0 Å². The van der Waals surface area contributed by atoms with Gasteiger partial charge in [-0.25, -0.2) is 22.7 Å². The average Bonchev–Trinajstić information content (AvgIpc) is 2.47. The van der Waals surface area contributed by atoms with Crippen LogP contribution in [-0.4, -0.2) is 14.3 Å². The van der Waals surface area contributed by atoms with Crippen molar-refractivity contribution in [3.63, 3.8) is 0 Å². The fourth-order valence-electron chi connectivity index (χ4n) is 2.21. The van der Waals surface area contributed by atoms with E-state index in [-0.39, 0.29) is 5.56 Å². The van der Waals surface area contributed by atoms with Gasteiger partial charge in [0.05, 0.1) is 0 Å². The summed E-state index contributed by atoms with van der Waals surface area (Å²) in [4.78, 5) is 0. The molecule has 1 unspecified atom stereocenters. The lowest BCUT2D eigenvalue weighted by molar-refractivity contribution is -0.0193. The Morgan fingerprint density at radius 2 is 2.00 bits per heavy atom. The highest BCUT2D eigenvalue weighted by atomic mass is 32.2. The van der Waals surface area contributed by atoms with Gasteiger partial charge in [-0.2, -0.15) is 13.1 Å². The van der Waals surface area contributed by atoms with Crippen molar-refractivity contribution >= 4 is 10.2 Å². The molecule has 4 nitrogen and oxygen atoms in total. The first-order valence-corrected chi connectivity index (χ1v) is 6.74. The highest BCUT2D eigenvalue weighted by molar-refractivity contribution is 7.87. The first kappa shape index (κ1) is 14.2. The average molecular weight is 298 g/mol. The van der Waals surface area contributed by atoms with E-state index in [2.05, 4.69) is 5.14 Å². The zero-order chi connectivity index (χ0) is 14.4. The summed E-state index contributed by atoms with van der Waals surface area (Å²) in [6.07, 6.45) is -3.79. The minimum atomic E-state index is -4.44. The number of halogens is 4. The molecule has 106 valence electrons. The fraction of sp³-hybridized carbons (Fsp3) is 0.400. The van der Waals surface area contributed by atoms with Crippen molar-refractivity contribution in [2.45, 2.75) is 24.8 Å². The van der Waals surface area contributed by atoms with E-state index in [0.29, 0.717) is 0 Å². The Morgan fingerprint density at radius 3 is 2.53 bits per heavy atom. The number of hydrogen-bond acceptors (Lipinski definition) is 2. The van der Waals surface area contributed by atoms with Gasteiger partial charge in [0.2, 0.25) is 0 Å². The van der Waals surface area contributed by atoms with Gasteiger partial charge in [0.1, 0.15) is 6.04 Å². The lowest BCUT2D eigenvalue weighted by atomic mass is 10.0. The van der Waals surface area contributed by atoms with E-state index < -0.39 is 46.1 Å². The zero-order valence-corrected chi connectivity index (χ0v) is 10.2. The third-order valence-electron chi connectivity index (χ3n) is 2.88. The topological polar surface area (TPSA) is 72.2 Å². The number of nitrogens with two attached hydrogens (primary N) is 1. The Balaban J connectivity index is 2.57. The van der Waals surface area contributed by atoms with E-state index in [0.717, 1.165) is 6.07 Å². The summed E-state index contributed by atoms with van der Waals surface area (Å²) in [6, 6.07) is 1.42. The molecule has 0 heterocycles. The molecule has 0 saturated heterocycles. The third-order valence-corrected chi connectivity index (χ3v) is 3.45. The molecule has 2 rings (SSSR count). The van der Waals surface area contributed by atoms with Crippen LogP contribution in [0.2, 0.25) is 0 Å². The van der Waals surface area contributed by atoms with Gasteiger partial charge < -0.3 is 0 Å². The molecule has 0 fully saturated rings. The minimum absolute atomic E-state index is 0.0102. The number of benzene rings is 1. The summed E-state index contributed by atoms with van der Waals surface area (Å²) in [7, 11) is -4.44. The molecule has 0 spiro atoms. The number of hydrogen-bond donors (Lipinski definition) is 2. The second-order valence-electron chi connectivity index (χ2n) is 4.25. The molecule has 1 aliphatic rings. The van der Waals surface area contributed by atoms with Crippen LogP contribution in [-0.2, 0) is 16.6 Å². The molecule has 0 aliphatic heterocycles. The molecule has 0 radical (unpaired) electrons. The maximum absolute atomic E-state index is 13.7. The predicted octanol–water partition coefficient (Wildman–Crippen LogP) is 1.65. The first-order chi connectivity index (χ1) is 8.62. The number of alkyl halides is 4. The van der Waals surface area contributed by atoms with E-state index in [9.17, 15) is 26.0 Å². The van der Waals surface area contributed by atoms with Crippen LogP contribution in [0.5, 0.6) is 0 Å². The SMILES string of the molecule is NS(=O)(=O)NC1c2c(cccc2C(F)F)CC1(F)F. The quantitative estimate of drug-likeness (QED) is 0.833. The molecule has 0 aromatic heterocycles. The zero-order valence-electron chi connectivity index (χ0n) is 9.41. The Labute approximate surface area is 106 Å². The van der Waals surface area contributed by atoms with Crippen molar-refractivity contribution in [1.29, 1.82) is 0 Å². The fourth-order valence-corrected chi connectivity index (χ4v) is 2.82. The van der Waals surface area contributed by atoms with Crippen LogP contribution in [0.1, 0.15) is 29.2 Å². The lowest BCUT2D eigenvalue weighted by Crippen LogP contribution is -2.41. The van der Waals surface area contributed by atoms with Crippen molar-refractivity contribution in [3.8, 4) is 0 Å². The maximum Gasteiger partial charge on any atom is 0.275 e. The Morgan fingerprint density at radius 1 is 1.37 bits per heavy atom. The summed E-state index contributed by atoms with van der Waals surface area (Å²) in [5.41, 5.74) is -1.02. The van der Waals surface area contributed by atoms with Gasteiger partial charge in [0.25, 0.3) is 22.6 Å². The normalized spacial score (nSPS) is 21.7. The highest BCUT2D eigenvalue weighted by Gasteiger charge is 2.50. The standard InChI is InChI=1S/C10H10F4N2O2S/c11-9(12)6-3-1-2-5-4-10(13,14)8(7(5)6)16-19(15,17)18/h1-3,8-9,16H,4H2,(H2,15,17,18). The Bertz CT molecular complexity index is 604.